The van der Waals surface area contributed by atoms with E-state index in [1.54, 1.807) is 20.4 Å². The van der Waals surface area contributed by atoms with Crippen LogP contribution in [0.2, 0.25) is 0 Å². The number of ether oxygens (including phenoxy) is 2. The quantitative estimate of drug-likeness (QED) is 0.270. The first-order chi connectivity index (χ1) is 14.2. The Morgan fingerprint density at radius 3 is 2.03 bits per heavy atom. The minimum Gasteiger partial charge on any atom is -0.497 e. The van der Waals surface area contributed by atoms with Crippen LogP contribution in [0.5, 0.6) is 17.4 Å². The fourth-order valence-corrected chi connectivity index (χ4v) is 2.64. The minimum absolute atomic E-state index is 0. The molecular formula is C23H27IN4O2. The van der Waals surface area contributed by atoms with Crippen LogP contribution >= 0.6 is 24.0 Å². The predicted molar refractivity (Wildman–Crippen MR) is 131 cm³/mol. The summed E-state index contributed by atoms with van der Waals surface area (Å²) in [5.41, 5.74) is 3.49. The topological polar surface area (TPSA) is 67.8 Å². The van der Waals surface area contributed by atoms with Crippen molar-refractivity contribution in [3.8, 4) is 17.4 Å². The number of halogens is 1. The lowest BCUT2D eigenvalue weighted by molar-refractivity contribution is 0.412. The molecule has 0 aliphatic heterocycles. The van der Waals surface area contributed by atoms with Crippen molar-refractivity contribution < 1.29 is 9.47 Å². The smallest absolute Gasteiger partial charge is 0.219 e. The van der Waals surface area contributed by atoms with Gasteiger partial charge >= 0.3 is 0 Å². The van der Waals surface area contributed by atoms with Crippen LogP contribution < -0.4 is 20.1 Å². The van der Waals surface area contributed by atoms with Gasteiger partial charge < -0.3 is 20.1 Å². The Hall–Kier alpha value is -2.81. The zero-order valence-electron chi connectivity index (χ0n) is 17.4. The van der Waals surface area contributed by atoms with Crippen molar-refractivity contribution in [2.75, 3.05) is 14.2 Å². The summed E-state index contributed by atoms with van der Waals surface area (Å²) in [5.74, 6) is 2.78. The van der Waals surface area contributed by atoms with Crippen LogP contribution in [0, 0.1) is 6.92 Å². The number of nitrogens with one attached hydrogen (secondary N) is 2. The molecule has 6 nitrogen and oxygen atoms in total. The number of aryl methyl sites for hydroxylation is 1. The number of nitrogens with zero attached hydrogens (tertiary/aromatic N) is 2. The average Bonchev–Trinajstić information content (AvgIpc) is 2.76. The van der Waals surface area contributed by atoms with Gasteiger partial charge in [0.1, 0.15) is 11.5 Å². The maximum Gasteiger partial charge on any atom is 0.219 e. The highest BCUT2D eigenvalue weighted by atomic mass is 127. The van der Waals surface area contributed by atoms with Gasteiger partial charge in [-0.05, 0) is 42.3 Å². The summed E-state index contributed by atoms with van der Waals surface area (Å²) in [6, 6.07) is 19.7. The van der Waals surface area contributed by atoms with E-state index in [0.29, 0.717) is 24.7 Å². The Labute approximate surface area is 194 Å². The molecule has 2 N–H and O–H groups in total. The molecule has 0 aliphatic carbocycles. The summed E-state index contributed by atoms with van der Waals surface area (Å²) < 4.78 is 10.9. The van der Waals surface area contributed by atoms with E-state index < -0.39 is 0 Å². The second kappa shape index (κ2) is 12.0. The fraction of sp³-hybridized carbons (Fsp3) is 0.217. The maximum atomic E-state index is 5.75. The average molecular weight is 518 g/mol. The Balaban J connectivity index is 0.00000320. The lowest BCUT2D eigenvalue weighted by atomic mass is 10.1. The molecule has 1 heterocycles. The lowest BCUT2D eigenvalue weighted by Crippen LogP contribution is -2.36. The zero-order chi connectivity index (χ0) is 20.5. The van der Waals surface area contributed by atoms with Gasteiger partial charge in [-0.15, -0.1) is 24.0 Å². The number of hydrogen-bond donors (Lipinski definition) is 2. The molecule has 7 heteroatoms. The third kappa shape index (κ3) is 7.22. The maximum absolute atomic E-state index is 5.75. The first-order valence-corrected chi connectivity index (χ1v) is 9.43. The highest BCUT2D eigenvalue weighted by Gasteiger charge is 2.02. The van der Waals surface area contributed by atoms with Gasteiger partial charge in [-0.2, -0.15) is 0 Å². The molecule has 1 aromatic heterocycles. The summed E-state index contributed by atoms with van der Waals surface area (Å²) >= 11 is 0. The first-order valence-electron chi connectivity index (χ1n) is 9.43. The summed E-state index contributed by atoms with van der Waals surface area (Å²) in [4.78, 5) is 8.63. The van der Waals surface area contributed by atoms with Crippen LogP contribution in [0.15, 0.2) is 71.9 Å². The Morgan fingerprint density at radius 2 is 1.47 bits per heavy atom. The van der Waals surface area contributed by atoms with Crippen molar-refractivity contribution in [1.29, 1.82) is 0 Å². The van der Waals surface area contributed by atoms with Crippen LogP contribution in [0.25, 0.3) is 0 Å². The van der Waals surface area contributed by atoms with E-state index in [4.69, 9.17) is 9.47 Å². The molecule has 0 saturated carbocycles. The number of pyridine rings is 1. The molecule has 0 spiro atoms. The Bertz CT molecular complexity index is 927. The standard InChI is InChI=1S/C23H26N4O2.HI/c1-17-4-6-18(7-5-17)14-26-23(24-2)27-16-19-8-13-22(25-15-19)29-21-11-9-20(28-3)10-12-21;/h4-13,15H,14,16H2,1-3H3,(H2,24,26,27);1H. The molecule has 0 fully saturated rings. The molecule has 0 bridgehead atoms. The largest absolute Gasteiger partial charge is 0.497 e. The number of guanidine groups is 1. The number of methoxy groups -OCH3 is 1. The third-order valence-electron chi connectivity index (χ3n) is 4.34. The first kappa shape index (κ1) is 23.5. The van der Waals surface area contributed by atoms with Gasteiger partial charge in [0.05, 0.1) is 7.11 Å². The Kier molecular flexibility index (Phi) is 9.40. The van der Waals surface area contributed by atoms with E-state index in [1.807, 2.05) is 36.4 Å². The normalized spacial score (nSPS) is 10.7. The molecule has 2 aromatic carbocycles. The van der Waals surface area contributed by atoms with Crippen LogP contribution in [-0.4, -0.2) is 25.1 Å². The van der Waals surface area contributed by atoms with Crippen LogP contribution in [0.1, 0.15) is 16.7 Å². The Morgan fingerprint density at radius 1 is 0.867 bits per heavy atom. The second-order valence-electron chi connectivity index (χ2n) is 6.55. The van der Waals surface area contributed by atoms with Crippen molar-refractivity contribution in [3.05, 3.63) is 83.6 Å². The van der Waals surface area contributed by atoms with E-state index in [1.165, 1.54) is 11.1 Å². The summed E-state index contributed by atoms with van der Waals surface area (Å²) in [6.45, 7) is 3.41. The molecule has 0 atom stereocenters. The van der Waals surface area contributed by atoms with Crippen molar-refractivity contribution in [3.63, 3.8) is 0 Å². The highest BCUT2D eigenvalue weighted by molar-refractivity contribution is 14.0. The molecule has 3 aromatic rings. The van der Waals surface area contributed by atoms with Crippen LogP contribution in [-0.2, 0) is 13.1 Å². The number of rotatable bonds is 7. The number of hydrogen-bond acceptors (Lipinski definition) is 4. The lowest BCUT2D eigenvalue weighted by Gasteiger charge is -2.12. The van der Waals surface area contributed by atoms with E-state index in [2.05, 4.69) is 51.8 Å². The van der Waals surface area contributed by atoms with Gasteiger partial charge in [0.2, 0.25) is 5.88 Å². The van der Waals surface area contributed by atoms with Crippen molar-refractivity contribution in [1.82, 2.24) is 15.6 Å². The number of aromatic nitrogens is 1. The van der Waals surface area contributed by atoms with Gasteiger partial charge in [-0.3, -0.25) is 4.99 Å². The van der Waals surface area contributed by atoms with Gasteiger partial charge in [0.15, 0.2) is 5.96 Å². The van der Waals surface area contributed by atoms with Crippen molar-refractivity contribution in [2.24, 2.45) is 4.99 Å². The molecule has 0 unspecified atom stereocenters. The van der Waals surface area contributed by atoms with Crippen LogP contribution in [0.3, 0.4) is 0 Å². The van der Waals surface area contributed by atoms with Gasteiger partial charge in [0.25, 0.3) is 0 Å². The fourth-order valence-electron chi connectivity index (χ4n) is 2.64. The molecular weight excluding hydrogens is 491 g/mol. The molecule has 0 amide bonds. The molecule has 0 aliphatic rings. The zero-order valence-corrected chi connectivity index (χ0v) is 19.7. The number of benzene rings is 2. The third-order valence-corrected chi connectivity index (χ3v) is 4.34. The van der Waals surface area contributed by atoms with Crippen molar-refractivity contribution >= 4 is 29.9 Å². The predicted octanol–water partition coefficient (Wildman–Crippen LogP) is 4.67. The minimum atomic E-state index is 0. The van der Waals surface area contributed by atoms with Gasteiger partial charge in [0, 0.05) is 32.4 Å². The monoisotopic (exact) mass is 518 g/mol. The SMILES string of the molecule is CN=C(NCc1ccc(C)cc1)NCc1ccc(Oc2ccc(OC)cc2)nc1.I. The molecule has 0 radical (unpaired) electrons. The summed E-state index contributed by atoms with van der Waals surface area (Å²) in [7, 11) is 3.39. The van der Waals surface area contributed by atoms with Crippen molar-refractivity contribution in [2.45, 2.75) is 20.0 Å². The van der Waals surface area contributed by atoms with E-state index in [9.17, 15) is 0 Å². The molecule has 158 valence electrons. The molecule has 3 rings (SSSR count). The molecule has 0 saturated heterocycles. The second-order valence-corrected chi connectivity index (χ2v) is 6.55. The van der Waals surface area contributed by atoms with E-state index in [-0.39, 0.29) is 24.0 Å². The van der Waals surface area contributed by atoms with Gasteiger partial charge in [-0.25, -0.2) is 4.98 Å². The van der Waals surface area contributed by atoms with Gasteiger partial charge in [-0.1, -0.05) is 35.9 Å². The van der Waals surface area contributed by atoms with E-state index in [0.717, 1.165) is 17.3 Å². The number of aliphatic imine (C=N–C) groups is 1. The molecule has 30 heavy (non-hydrogen) atoms. The van der Waals surface area contributed by atoms with E-state index >= 15 is 0 Å². The summed E-state index contributed by atoms with van der Waals surface area (Å²) in [5, 5.41) is 6.61. The highest BCUT2D eigenvalue weighted by Crippen LogP contribution is 2.22. The summed E-state index contributed by atoms with van der Waals surface area (Å²) in [6.07, 6.45) is 1.79. The van der Waals surface area contributed by atoms with Crippen LogP contribution in [0.4, 0.5) is 0 Å².